The van der Waals surface area contributed by atoms with Crippen molar-refractivity contribution in [1.82, 2.24) is 20.3 Å². The lowest BCUT2D eigenvalue weighted by atomic mass is 10.2. The molecule has 3 aromatic rings. The number of carbonyl (C=O) groups excluding carboxylic acids is 1. The van der Waals surface area contributed by atoms with Crippen LogP contribution in [0.2, 0.25) is 5.02 Å². The summed E-state index contributed by atoms with van der Waals surface area (Å²) in [7, 11) is 0. The summed E-state index contributed by atoms with van der Waals surface area (Å²) in [6.07, 6.45) is 3.59. The van der Waals surface area contributed by atoms with Crippen LogP contribution in [0.4, 0.5) is 0 Å². The first-order chi connectivity index (χ1) is 11.7. The van der Waals surface area contributed by atoms with Crippen LogP contribution in [0, 0.1) is 0 Å². The maximum Gasteiger partial charge on any atom is 0.273 e. The maximum absolute atomic E-state index is 12.2. The molecular formula is C17H15ClN4OS. The van der Waals surface area contributed by atoms with Gasteiger partial charge in [-0.25, -0.2) is 4.68 Å². The third-order valence-electron chi connectivity index (χ3n) is 3.44. The Balaban J connectivity index is 1.66. The first kappa shape index (κ1) is 16.5. The molecule has 0 radical (unpaired) electrons. The highest BCUT2D eigenvalue weighted by molar-refractivity contribution is 7.98. The van der Waals surface area contributed by atoms with Crippen molar-refractivity contribution in [1.29, 1.82) is 0 Å². The van der Waals surface area contributed by atoms with E-state index < -0.39 is 0 Å². The number of halogens is 1. The fraction of sp³-hybridized carbons (Fsp3) is 0.118. The SMILES string of the molecule is CSc1ccc(CNC(=O)c2cn(-c3ccccc3Cl)nn2)cc1. The average molecular weight is 359 g/mol. The van der Waals surface area contributed by atoms with Gasteiger partial charge in [-0.15, -0.1) is 16.9 Å². The van der Waals surface area contributed by atoms with E-state index in [1.165, 1.54) is 9.58 Å². The highest BCUT2D eigenvalue weighted by atomic mass is 35.5. The average Bonchev–Trinajstić information content (AvgIpc) is 3.10. The van der Waals surface area contributed by atoms with Crippen LogP contribution < -0.4 is 5.32 Å². The molecule has 1 aromatic heterocycles. The van der Waals surface area contributed by atoms with Gasteiger partial charge in [-0.3, -0.25) is 4.79 Å². The van der Waals surface area contributed by atoms with Gasteiger partial charge in [0, 0.05) is 11.4 Å². The van der Waals surface area contributed by atoms with E-state index in [1.54, 1.807) is 24.0 Å². The number of thioether (sulfide) groups is 1. The molecule has 5 nitrogen and oxygen atoms in total. The summed E-state index contributed by atoms with van der Waals surface area (Å²) in [5.74, 6) is -0.276. The molecule has 1 heterocycles. The molecule has 1 amide bonds. The second-order valence-corrected chi connectivity index (χ2v) is 6.32. The van der Waals surface area contributed by atoms with Gasteiger partial charge in [0.2, 0.25) is 0 Å². The van der Waals surface area contributed by atoms with E-state index in [1.807, 2.05) is 48.7 Å². The Morgan fingerprint density at radius 1 is 1.21 bits per heavy atom. The number of hydrogen-bond acceptors (Lipinski definition) is 4. The monoisotopic (exact) mass is 358 g/mol. The van der Waals surface area contributed by atoms with Gasteiger partial charge in [0.25, 0.3) is 5.91 Å². The van der Waals surface area contributed by atoms with Crippen LogP contribution in [0.3, 0.4) is 0 Å². The van der Waals surface area contributed by atoms with Crippen molar-refractivity contribution < 1.29 is 4.79 Å². The molecule has 24 heavy (non-hydrogen) atoms. The molecule has 2 aromatic carbocycles. The number of nitrogens with zero attached hydrogens (tertiary/aromatic N) is 3. The molecule has 0 atom stereocenters. The van der Waals surface area contributed by atoms with Crippen LogP contribution in [0.15, 0.2) is 59.6 Å². The minimum Gasteiger partial charge on any atom is -0.347 e. The number of para-hydroxylation sites is 1. The van der Waals surface area contributed by atoms with Crippen molar-refractivity contribution in [2.75, 3.05) is 6.26 Å². The molecule has 0 bridgehead atoms. The van der Waals surface area contributed by atoms with E-state index in [4.69, 9.17) is 11.6 Å². The van der Waals surface area contributed by atoms with Crippen molar-refractivity contribution in [3.8, 4) is 5.69 Å². The lowest BCUT2D eigenvalue weighted by Crippen LogP contribution is -2.23. The van der Waals surface area contributed by atoms with Crippen LogP contribution in [-0.4, -0.2) is 27.2 Å². The first-order valence-electron chi connectivity index (χ1n) is 7.26. The number of nitrogens with one attached hydrogen (secondary N) is 1. The second-order valence-electron chi connectivity index (χ2n) is 5.03. The zero-order chi connectivity index (χ0) is 16.9. The van der Waals surface area contributed by atoms with Crippen LogP contribution in [0.1, 0.15) is 16.1 Å². The van der Waals surface area contributed by atoms with Crippen LogP contribution in [0.5, 0.6) is 0 Å². The normalized spacial score (nSPS) is 10.6. The fourth-order valence-electron chi connectivity index (χ4n) is 2.14. The standard InChI is InChI=1S/C17H15ClN4OS/c1-24-13-8-6-12(7-9-13)10-19-17(23)15-11-22(21-20-15)16-5-3-2-4-14(16)18/h2-9,11H,10H2,1H3,(H,19,23). The van der Waals surface area contributed by atoms with Gasteiger partial charge in [0.05, 0.1) is 16.9 Å². The zero-order valence-electron chi connectivity index (χ0n) is 12.9. The predicted octanol–water partition coefficient (Wildman–Crippen LogP) is 3.57. The minimum absolute atomic E-state index is 0.246. The van der Waals surface area contributed by atoms with Crippen LogP contribution in [0.25, 0.3) is 5.69 Å². The Morgan fingerprint density at radius 3 is 2.67 bits per heavy atom. The largest absolute Gasteiger partial charge is 0.347 e. The Kier molecular flexibility index (Phi) is 5.17. The minimum atomic E-state index is -0.276. The summed E-state index contributed by atoms with van der Waals surface area (Å²) in [5.41, 5.74) is 1.95. The Bertz CT molecular complexity index is 848. The van der Waals surface area contributed by atoms with E-state index >= 15 is 0 Å². The Labute approximate surface area is 149 Å². The molecule has 0 fully saturated rings. The van der Waals surface area contributed by atoms with E-state index in [0.29, 0.717) is 17.3 Å². The van der Waals surface area contributed by atoms with Gasteiger partial charge in [-0.05, 0) is 36.1 Å². The molecule has 7 heteroatoms. The number of aromatic nitrogens is 3. The molecule has 0 unspecified atom stereocenters. The third-order valence-corrected chi connectivity index (χ3v) is 4.50. The highest BCUT2D eigenvalue weighted by Crippen LogP contribution is 2.18. The summed E-state index contributed by atoms with van der Waals surface area (Å²) < 4.78 is 1.49. The number of hydrogen-bond donors (Lipinski definition) is 1. The molecule has 0 aliphatic rings. The summed E-state index contributed by atoms with van der Waals surface area (Å²) in [4.78, 5) is 13.4. The molecule has 0 saturated heterocycles. The first-order valence-corrected chi connectivity index (χ1v) is 8.86. The van der Waals surface area contributed by atoms with E-state index in [2.05, 4.69) is 15.6 Å². The fourth-order valence-corrected chi connectivity index (χ4v) is 2.77. The number of amides is 1. The van der Waals surface area contributed by atoms with Crippen LogP contribution in [-0.2, 0) is 6.54 Å². The van der Waals surface area contributed by atoms with Gasteiger partial charge >= 0.3 is 0 Å². The molecule has 0 aliphatic heterocycles. The van der Waals surface area contributed by atoms with E-state index in [-0.39, 0.29) is 11.6 Å². The number of rotatable bonds is 5. The highest BCUT2D eigenvalue weighted by Gasteiger charge is 2.12. The lowest BCUT2D eigenvalue weighted by molar-refractivity contribution is 0.0946. The quantitative estimate of drug-likeness (QED) is 0.708. The summed E-state index contributed by atoms with van der Waals surface area (Å²) >= 11 is 7.80. The summed E-state index contributed by atoms with van der Waals surface area (Å²) in [5, 5.41) is 11.3. The molecular weight excluding hydrogens is 344 g/mol. The lowest BCUT2D eigenvalue weighted by Gasteiger charge is -2.04. The molecule has 0 aliphatic carbocycles. The Morgan fingerprint density at radius 2 is 1.96 bits per heavy atom. The van der Waals surface area contributed by atoms with Crippen molar-refractivity contribution in [3.05, 3.63) is 71.0 Å². The number of carbonyl (C=O) groups is 1. The summed E-state index contributed by atoms with van der Waals surface area (Å²) in [6.45, 7) is 0.437. The van der Waals surface area contributed by atoms with Gasteiger partial charge < -0.3 is 5.32 Å². The molecule has 1 N–H and O–H groups in total. The second kappa shape index (κ2) is 7.51. The molecule has 3 rings (SSSR count). The molecule has 0 saturated carbocycles. The van der Waals surface area contributed by atoms with Crippen molar-refractivity contribution in [2.24, 2.45) is 0 Å². The molecule has 122 valence electrons. The zero-order valence-corrected chi connectivity index (χ0v) is 14.5. The maximum atomic E-state index is 12.2. The Hall–Kier alpha value is -2.31. The van der Waals surface area contributed by atoms with Gasteiger partial charge in [-0.1, -0.05) is 41.1 Å². The molecule has 0 spiro atoms. The predicted molar refractivity (Wildman–Crippen MR) is 95.8 cm³/mol. The topological polar surface area (TPSA) is 59.8 Å². The van der Waals surface area contributed by atoms with E-state index in [0.717, 1.165) is 5.56 Å². The van der Waals surface area contributed by atoms with Crippen molar-refractivity contribution in [2.45, 2.75) is 11.4 Å². The summed E-state index contributed by atoms with van der Waals surface area (Å²) in [6, 6.07) is 15.3. The van der Waals surface area contributed by atoms with Gasteiger partial charge in [0.1, 0.15) is 0 Å². The van der Waals surface area contributed by atoms with Gasteiger partial charge in [0.15, 0.2) is 5.69 Å². The van der Waals surface area contributed by atoms with E-state index in [9.17, 15) is 4.79 Å². The van der Waals surface area contributed by atoms with Gasteiger partial charge in [-0.2, -0.15) is 0 Å². The van der Waals surface area contributed by atoms with Crippen LogP contribution >= 0.6 is 23.4 Å². The van der Waals surface area contributed by atoms with Crippen molar-refractivity contribution in [3.63, 3.8) is 0 Å². The number of benzene rings is 2. The van der Waals surface area contributed by atoms with Crippen molar-refractivity contribution >= 4 is 29.3 Å². The smallest absolute Gasteiger partial charge is 0.273 e. The third kappa shape index (κ3) is 3.77.